The molecule has 2 saturated heterocycles. The molecule has 0 amide bonds. The molecular formula is C17H27N3O. The smallest absolute Gasteiger partial charge is 0.121 e. The lowest BCUT2D eigenvalue weighted by Crippen LogP contribution is -2.52. The van der Waals surface area contributed by atoms with Crippen molar-refractivity contribution in [3.8, 4) is 5.75 Å². The fourth-order valence-electron chi connectivity index (χ4n) is 4.02. The van der Waals surface area contributed by atoms with Crippen molar-refractivity contribution in [2.45, 2.75) is 31.8 Å². The van der Waals surface area contributed by atoms with E-state index in [1.165, 1.54) is 44.5 Å². The van der Waals surface area contributed by atoms with Crippen molar-refractivity contribution in [2.75, 3.05) is 39.5 Å². The Labute approximate surface area is 127 Å². The molecule has 0 aromatic heterocycles. The third kappa shape index (κ3) is 3.33. The molecule has 21 heavy (non-hydrogen) atoms. The molecule has 2 unspecified atom stereocenters. The molecule has 3 rings (SSSR count). The van der Waals surface area contributed by atoms with E-state index in [0.29, 0.717) is 0 Å². The summed E-state index contributed by atoms with van der Waals surface area (Å²) in [6, 6.07) is 6.86. The van der Waals surface area contributed by atoms with Crippen molar-refractivity contribution in [1.29, 1.82) is 0 Å². The van der Waals surface area contributed by atoms with Crippen LogP contribution in [0, 0.1) is 5.92 Å². The van der Waals surface area contributed by atoms with E-state index in [4.69, 9.17) is 10.5 Å². The van der Waals surface area contributed by atoms with Gasteiger partial charge in [0, 0.05) is 30.9 Å². The lowest BCUT2D eigenvalue weighted by atomic mass is 9.84. The molecule has 0 bridgehead atoms. The summed E-state index contributed by atoms with van der Waals surface area (Å²) in [7, 11) is 3.98. The van der Waals surface area contributed by atoms with Gasteiger partial charge in [0.1, 0.15) is 5.75 Å². The Hall–Kier alpha value is -1.26. The largest absolute Gasteiger partial charge is 0.497 e. The van der Waals surface area contributed by atoms with Gasteiger partial charge in [-0.25, -0.2) is 0 Å². The number of anilines is 1. The highest BCUT2D eigenvalue weighted by Crippen LogP contribution is 2.30. The molecule has 2 heterocycles. The predicted molar refractivity (Wildman–Crippen MR) is 86.4 cm³/mol. The minimum absolute atomic E-state index is 0.789. The van der Waals surface area contributed by atoms with Crippen LogP contribution in [0.15, 0.2) is 18.2 Å². The highest BCUT2D eigenvalue weighted by Gasteiger charge is 2.33. The van der Waals surface area contributed by atoms with E-state index in [-0.39, 0.29) is 0 Å². The summed E-state index contributed by atoms with van der Waals surface area (Å²) in [5, 5.41) is 0. The maximum Gasteiger partial charge on any atom is 0.121 e. The second-order valence-corrected chi connectivity index (χ2v) is 6.59. The molecule has 2 fully saturated rings. The molecule has 116 valence electrons. The van der Waals surface area contributed by atoms with Crippen LogP contribution in [-0.4, -0.2) is 49.6 Å². The topological polar surface area (TPSA) is 41.7 Å². The number of likely N-dealkylation sites (tertiary alicyclic amines) is 2. The molecule has 1 aromatic carbocycles. The van der Waals surface area contributed by atoms with Gasteiger partial charge in [-0.2, -0.15) is 0 Å². The van der Waals surface area contributed by atoms with Crippen LogP contribution in [0.2, 0.25) is 0 Å². The lowest BCUT2D eigenvalue weighted by Gasteiger charge is -2.46. The van der Waals surface area contributed by atoms with Crippen molar-refractivity contribution in [2.24, 2.45) is 5.92 Å². The van der Waals surface area contributed by atoms with E-state index in [1.54, 1.807) is 7.11 Å². The molecule has 0 saturated carbocycles. The molecule has 2 atom stereocenters. The van der Waals surface area contributed by atoms with E-state index >= 15 is 0 Å². The van der Waals surface area contributed by atoms with Gasteiger partial charge in [0.05, 0.1) is 7.11 Å². The zero-order valence-corrected chi connectivity index (χ0v) is 13.2. The summed E-state index contributed by atoms with van der Waals surface area (Å²) >= 11 is 0. The van der Waals surface area contributed by atoms with Gasteiger partial charge in [0.15, 0.2) is 0 Å². The second kappa shape index (κ2) is 6.24. The van der Waals surface area contributed by atoms with Crippen molar-refractivity contribution in [1.82, 2.24) is 9.80 Å². The number of nitrogens with zero attached hydrogens (tertiary/aromatic N) is 2. The Morgan fingerprint density at radius 1 is 1.24 bits per heavy atom. The minimum atomic E-state index is 0.789. The Morgan fingerprint density at radius 3 is 2.90 bits per heavy atom. The van der Waals surface area contributed by atoms with Gasteiger partial charge in [-0.3, -0.25) is 4.90 Å². The molecule has 2 N–H and O–H groups in total. The van der Waals surface area contributed by atoms with Gasteiger partial charge in [-0.05, 0) is 63.0 Å². The van der Waals surface area contributed by atoms with Gasteiger partial charge >= 0.3 is 0 Å². The van der Waals surface area contributed by atoms with Gasteiger partial charge < -0.3 is 15.4 Å². The number of hydrogen-bond donors (Lipinski definition) is 1. The molecule has 0 spiro atoms. The highest BCUT2D eigenvalue weighted by atomic mass is 16.5. The Balaban J connectivity index is 1.65. The van der Waals surface area contributed by atoms with E-state index in [2.05, 4.69) is 29.0 Å². The minimum Gasteiger partial charge on any atom is -0.497 e. The number of hydrogen-bond acceptors (Lipinski definition) is 4. The van der Waals surface area contributed by atoms with Gasteiger partial charge in [-0.15, -0.1) is 0 Å². The predicted octanol–water partition coefficient (Wildman–Crippen LogP) is 2.19. The fraction of sp³-hybridized carbons (Fsp3) is 0.647. The average Bonchev–Trinajstić information content (AvgIpc) is 2.46. The molecule has 0 radical (unpaired) electrons. The lowest BCUT2D eigenvalue weighted by molar-refractivity contribution is 0.0355. The van der Waals surface area contributed by atoms with Crippen LogP contribution in [0.3, 0.4) is 0 Å². The zero-order valence-electron chi connectivity index (χ0n) is 13.2. The summed E-state index contributed by atoms with van der Waals surface area (Å²) in [6.07, 6.45) is 4.02. The third-order valence-electron chi connectivity index (χ3n) is 5.06. The number of piperidine rings is 2. The molecule has 0 aliphatic carbocycles. The zero-order chi connectivity index (χ0) is 14.8. The first-order chi connectivity index (χ1) is 10.2. The normalized spacial score (nSPS) is 27.3. The fourth-order valence-corrected chi connectivity index (χ4v) is 4.02. The maximum atomic E-state index is 5.96. The summed E-state index contributed by atoms with van der Waals surface area (Å²) in [6.45, 7) is 4.65. The second-order valence-electron chi connectivity index (χ2n) is 6.59. The van der Waals surface area contributed by atoms with E-state index in [0.717, 1.165) is 29.9 Å². The van der Waals surface area contributed by atoms with Gasteiger partial charge in [0.25, 0.3) is 0 Å². The monoisotopic (exact) mass is 289 g/mol. The first kappa shape index (κ1) is 14.7. The standard InChI is InChI=1S/C17H27N3O/c1-19-6-3-4-14-12-20(7-5-17(14)19)11-13-8-15(18)10-16(9-13)21-2/h8-10,14,17H,3-7,11-12,18H2,1-2H3. The Morgan fingerprint density at radius 2 is 2.10 bits per heavy atom. The van der Waals surface area contributed by atoms with Crippen LogP contribution in [-0.2, 0) is 6.54 Å². The number of rotatable bonds is 3. The summed E-state index contributed by atoms with van der Waals surface area (Å²) in [5.41, 5.74) is 8.01. The Bertz CT molecular complexity index is 491. The number of nitrogens with two attached hydrogens (primary N) is 1. The van der Waals surface area contributed by atoms with Crippen LogP contribution < -0.4 is 10.5 Å². The van der Waals surface area contributed by atoms with Crippen LogP contribution in [0.25, 0.3) is 0 Å². The summed E-state index contributed by atoms with van der Waals surface area (Å²) in [5.74, 6) is 1.69. The van der Waals surface area contributed by atoms with Crippen LogP contribution >= 0.6 is 0 Å². The SMILES string of the molecule is COc1cc(N)cc(CN2CCC3C(CCCN3C)C2)c1. The number of methoxy groups -OCH3 is 1. The van der Waals surface area contributed by atoms with Crippen LogP contribution in [0.1, 0.15) is 24.8 Å². The summed E-state index contributed by atoms with van der Waals surface area (Å²) < 4.78 is 5.32. The number of nitrogen functional groups attached to an aromatic ring is 1. The third-order valence-corrected chi connectivity index (χ3v) is 5.06. The van der Waals surface area contributed by atoms with E-state index in [1.807, 2.05) is 6.07 Å². The number of benzene rings is 1. The van der Waals surface area contributed by atoms with Gasteiger partial charge in [-0.1, -0.05) is 0 Å². The first-order valence-corrected chi connectivity index (χ1v) is 8.02. The van der Waals surface area contributed by atoms with E-state index in [9.17, 15) is 0 Å². The highest BCUT2D eigenvalue weighted by molar-refractivity contribution is 5.47. The average molecular weight is 289 g/mol. The van der Waals surface area contributed by atoms with Gasteiger partial charge in [0.2, 0.25) is 0 Å². The number of fused-ring (bicyclic) bond motifs is 1. The van der Waals surface area contributed by atoms with Crippen molar-refractivity contribution in [3.05, 3.63) is 23.8 Å². The first-order valence-electron chi connectivity index (χ1n) is 8.02. The van der Waals surface area contributed by atoms with E-state index < -0.39 is 0 Å². The molecule has 1 aromatic rings. The molecule has 2 aliphatic rings. The van der Waals surface area contributed by atoms with Crippen molar-refractivity contribution in [3.63, 3.8) is 0 Å². The van der Waals surface area contributed by atoms with Crippen molar-refractivity contribution < 1.29 is 4.74 Å². The Kier molecular flexibility index (Phi) is 4.36. The molecule has 4 nitrogen and oxygen atoms in total. The quantitative estimate of drug-likeness (QED) is 0.866. The molecule has 2 aliphatic heterocycles. The maximum absolute atomic E-state index is 5.96. The number of ether oxygens (including phenoxy) is 1. The summed E-state index contributed by atoms with van der Waals surface area (Å²) in [4.78, 5) is 5.14. The van der Waals surface area contributed by atoms with Crippen LogP contribution in [0.5, 0.6) is 5.75 Å². The van der Waals surface area contributed by atoms with Crippen molar-refractivity contribution >= 4 is 5.69 Å². The molecule has 4 heteroatoms. The molecular weight excluding hydrogens is 262 g/mol. The van der Waals surface area contributed by atoms with Crippen LogP contribution in [0.4, 0.5) is 5.69 Å².